The van der Waals surface area contributed by atoms with E-state index in [4.69, 9.17) is 5.73 Å². The van der Waals surface area contributed by atoms with Gasteiger partial charge in [0.15, 0.2) is 0 Å². The van der Waals surface area contributed by atoms with Gasteiger partial charge in [-0.1, -0.05) is 6.07 Å². The van der Waals surface area contributed by atoms with E-state index in [-0.39, 0.29) is 11.7 Å². The Kier molecular flexibility index (Phi) is 4.92. The SMILES string of the molecule is CC(=O)Nc1cc(F)ccc1CCCCN. The number of hydrogen-bond acceptors (Lipinski definition) is 2. The lowest BCUT2D eigenvalue weighted by molar-refractivity contribution is -0.114. The van der Waals surface area contributed by atoms with Gasteiger partial charge in [-0.2, -0.15) is 0 Å². The van der Waals surface area contributed by atoms with Crippen LogP contribution in [0, 0.1) is 5.82 Å². The standard InChI is InChI=1S/C12H17FN2O/c1-9(16)15-12-8-11(13)6-5-10(12)4-2-3-7-14/h5-6,8H,2-4,7,14H2,1H3,(H,15,16). The largest absolute Gasteiger partial charge is 0.330 e. The first-order valence-corrected chi connectivity index (χ1v) is 5.39. The van der Waals surface area contributed by atoms with Gasteiger partial charge in [0.05, 0.1) is 0 Å². The van der Waals surface area contributed by atoms with Crippen LogP contribution in [0.4, 0.5) is 10.1 Å². The van der Waals surface area contributed by atoms with Crippen LogP contribution in [0.2, 0.25) is 0 Å². The predicted octanol–water partition coefficient (Wildman–Crippen LogP) is 2.07. The molecule has 88 valence electrons. The van der Waals surface area contributed by atoms with Gasteiger partial charge in [0, 0.05) is 12.6 Å². The van der Waals surface area contributed by atoms with Crippen molar-refractivity contribution >= 4 is 11.6 Å². The fourth-order valence-corrected chi connectivity index (χ4v) is 1.53. The van der Waals surface area contributed by atoms with Crippen molar-refractivity contribution in [3.63, 3.8) is 0 Å². The molecule has 0 radical (unpaired) electrons. The van der Waals surface area contributed by atoms with Crippen molar-refractivity contribution in [2.24, 2.45) is 5.73 Å². The number of anilines is 1. The zero-order valence-corrected chi connectivity index (χ0v) is 9.42. The maximum Gasteiger partial charge on any atom is 0.221 e. The normalized spacial score (nSPS) is 10.2. The Morgan fingerprint density at radius 2 is 2.19 bits per heavy atom. The lowest BCUT2D eigenvalue weighted by atomic mass is 10.1. The molecule has 16 heavy (non-hydrogen) atoms. The molecule has 0 atom stereocenters. The van der Waals surface area contributed by atoms with Crippen LogP contribution >= 0.6 is 0 Å². The summed E-state index contributed by atoms with van der Waals surface area (Å²) in [5, 5.41) is 2.63. The Morgan fingerprint density at radius 1 is 1.44 bits per heavy atom. The van der Waals surface area contributed by atoms with Crippen molar-refractivity contribution in [1.29, 1.82) is 0 Å². The summed E-state index contributed by atoms with van der Waals surface area (Å²) in [6.07, 6.45) is 2.67. The highest BCUT2D eigenvalue weighted by molar-refractivity contribution is 5.89. The fraction of sp³-hybridized carbons (Fsp3) is 0.417. The van der Waals surface area contributed by atoms with Crippen LogP contribution in [0.3, 0.4) is 0 Å². The summed E-state index contributed by atoms with van der Waals surface area (Å²) in [6, 6.07) is 4.46. The molecule has 0 saturated carbocycles. The van der Waals surface area contributed by atoms with Crippen LogP contribution in [0.25, 0.3) is 0 Å². The molecule has 0 heterocycles. The molecule has 0 aliphatic rings. The third kappa shape index (κ3) is 3.98. The first-order valence-electron chi connectivity index (χ1n) is 5.39. The zero-order valence-electron chi connectivity index (χ0n) is 9.42. The third-order valence-electron chi connectivity index (χ3n) is 2.28. The third-order valence-corrected chi connectivity index (χ3v) is 2.28. The predicted molar refractivity (Wildman–Crippen MR) is 62.7 cm³/mol. The maximum absolute atomic E-state index is 13.0. The van der Waals surface area contributed by atoms with E-state index < -0.39 is 0 Å². The molecule has 3 nitrogen and oxygen atoms in total. The van der Waals surface area contributed by atoms with E-state index in [1.54, 1.807) is 6.07 Å². The van der Waals surface area contributed by atoms with Crippen molar-refractivity contribution in [2.45, 2.75) is 26.2 Å². The number of hydrogen-bond donors (Lipinski definition) is 2. The highest BCUT2D eigenvalue weighted by Gasteiger charge is 2.05. The number of halogens is 1. The van der Waals surface area contributed by atoms with Crippen molar-refractivity contribution < 1.29 is 9.18 Å². The molecule has 1 aromatic rings. The molecular weight excluding hydrogens is 207 g/mol. The molecule has 3 N–H and O–H groups in total. The molecule has 1 rings (SSSR count). The van der Waals surface area contributed by atoms with E-state index in [1.807, 2.05) is 0 Å². The lowest BCUT2D eigenvalue weighted by Crippen LogP contribution is -2.09. The van der Waals surface area contributed by atoms with Crippen molar-refractivity contribution in [2.75, 3.05) is 11.9 Å². The van der Waals surface area contributed by atoms with E-state index in [1.165, 1.54) is 19.1 Å². The monoisotopic (exact) mass is 224 g/mol. The average molecular weight is 224 g/mol. The highest BCUT2D eigenvalue weighted by Crippen LogP contribution is 2.19. The topological polar surface area (TPSA) is 55.1 Å². The lowest BCUT2D eigenvalue weighted by Gasteiger charge is -2.09. The number of benzene rings is 1. The number of nitrogens with one attached hydrogen (secondary N) is 1. The average Bonchev–Trinajstić information content (AvgIpc) is 2.20. The van der Waals surface area contributed by atoms with E-state index in [2.05, 4.69) is 5.32 Å². The van der Waals surface area contributed by atoms with Gasteiger partial charge >= 0.3 is 0 Å². The van der Waals surface area contributed by atoms with Crippen LogP contribution in [-0.2, 0) is 11.2 Å². The van der Waals surface area contributed by atoms with Gasteiger partial charge in [-0.15, -0.1) is 0 Å². The first kappa shape index (κ1) is 12.6. The van der Waals surface area contributed by atoms with E-state index >= 15 is 0 Å². The molecule has 0 saturated heterocycles. The van der Waals surface area contributed by atoms with Crippen molar-refractivity contribution in [3.8, 4) is 0 Å². The molecule has 0 aliphatic heterocycles. The Morgan fingerprint density at radius 3 is 2.81 bits per heavy atom. The molecule has 4 heteroatoms. The van der Waals surface area contributed by atoms with Crippen LogP contribution in [0.5, 0.6) is 0 Å². The summed E-state index contributed by atoms with van der Waals surface area (Å²) >= 11 is 0. The second kappa shape index (κ2) is 6.23. The summed E-state index contributed by atoms with van der Waals surface area (Å²) in [7, 11) is 0. The van der Waals surface area contributed by atoms with Crippen LogP contribution in [0.1, 0.15) is 25.3 Å². The minimum atomic E-state index is -0.341. The second-order valence-corrected chi connectivity index (χ2v) is 3.73. The quantitative estimate of drug-likeness (QED) is 0.752. The fourth-order valence-electron chi connectivity index (χ4n) is 1.53. The summed E-state index contributed by atoms with van der Waals surface area (Å²) in [5.74, 6) is -0.531. The second-order valence-electron chi connectivity index (χ2n) is 3.73. The maximum atomic E-state index is 13.0. The minimum absolute atomic E-state index is 0.189. The number of carbonyl (C=O) groups excluding carboxylic acids is 1. The Hall–Kier alpha value is -1.42. The van der Waals surface area contributed by atoms with Gasteiger partial charge in [0.1, 0.15) is 5.82 Å². The number of aryl methyl sites for hydroxylation is 1. The molecule has 0 unspecified atom stereocenters. The number of rotatable bonds is 5. The Labute approximate surface area is 94.8 Å². The van der Waals surface area contributed by atoms with Gasteiger partial charge in [-0.05, 0) is 43.5 Å². The first-order chi connectivity index (χ1) is 7.63. The number of carbonyl (C=O) groups is 1. The van der Waals surface area contributed by atoms with Gasteiger partial charge in [0.2, 0.25) is 5.91 Å². The minimum Gasteiger partial charge on any atom is -0.330 e. The molecule has 0 bridgehead atoms. The molecule has 1 aromatic carbocycles. The van der Waals surface area contributed by atoms with Crippen LogP contribution in [-0.4, -0.2) is 12.5 Å². The smallest absolute Gasteiger partial charge is 0.221 e. The molecule has 0 spiro atoms. The van der Waals surface area contributed by atoms with Crippen LogP contribution in [0.15, 0.2) is 18.2 Å². The zero-order chi connectivity index (χ0) is 12.0. The number of amides is 1. The van der Waals surface area contributed by atoms with Crippen LogP contribution < -0.4 is 11.1 Å². The van der Waals surface area contributed by atoms with E-state index in [9.17, 15) is 9.18 Å². The van der Waals surface area contributed by atoms with Crippen molar-refractivity contribution in [3.05, 3.63) is 29.6 Å². The van der Waals surface area contributed by atoms with Gasteiger partial charge in [0.25, 0.3) is 0 Å². The molecular formula is C12H17FN2O. The van der Waals surface area contributed by atoms with Gasteiger partial charge in [-0.25, -0.2) is 4.39 Å². The van der Waals surface area contributed by atoms with Crippen molar-refractivity contribution in [1.82, 2.24) is 0 Å². The van der Waals surface area contributed by atoms with E-state index in [0.29, 0.717) is 12.2 Å². The summed E-state index contributed by atoms with van der Waals surface area (Å²) in [4.78, 5) is 11.0. The Bertz CT molecular complexity index is 366. The summed E-state index contributed by atoms with van der Waals surface area (Å²) in [6.45, 7) is 2.06. The number of unbranched alkanes of at least 4 members (excludes halogenated alkanes) is 1. The summed E-state index contributed by atoms with van der Waals surface area (Å²) < 4.78 is 13.0. The number of nitrogens with two attached hydrogens (primary N) is 1. The molecule has 1 amide bonds. The van der Waals surface area contributed by atoms with Gasteiger partial charge in [-0.3, -0.25) is 4.79 Å². The molecule has 0 fully saturated rings. The highest BCUT2D eigenvalue weighted by atomic mass is 19.1. The Balaban J connectivity index is 2.76. The van der Waals surface area contributed by atoms with E-state index in [0.717, 1.165) is 24.8 Å². The molecule has 0 aliphatic carbocycles. The molecule has 0 aromatic heterocycles. The summed E-state index contributed by atoms with van der Waals surface area (Å²) in [5.41, 5.74) is 6.91. The van der Waals surface area contributed by atoms with Gasteiger partial charge < -0.3 is 11.1 Å².